The van der Waals surface area contributed by atoms with Crippen molar-refractivity contribution in [1.29, 1.82) is 0 Å². The second-order valence-corrected chi connectivity index (χ2v) is 6.41. The number of aromatic nitrogens is 2. The molecule has 0 aliphatic heterocycles. The van der Waals surface area contributed by atoms with Crippen molar-refractivity contribution in [3.05, 3.63) is 59.0 Å². The lowest BCUT2D eigenvalue weighted by Crippen LogP contribution is -2.33. The van der Waals surface area contributed by atoms with Crippen molar-refractivity contribution in [2.45, 2.75) is 12.2 Å². The van der Waals surface area contributed by atoms with E-state index in [1.807, 2.05) is 0 Å². The van der Waals surface area contributed by atoms with Gasteiger partial charge < -0.3 is 16.2 Å². The summed E-state index contributed by atoms with van der Waals surface area (Å²) in [7, 11) is 0. The van der Waals surface area contributed by atoms with Crippen molar-refractivity contribution >= 4 is 33.6 Å². The van der Waals surface area contributed by atoms with Crippen LogP contribution >= 0.6 is 11.3 Å². The molecular weight excluding hydrogens is 416 g/mol. The highest BCUT2D eigenvalue weighted by Crippen LogP contribution is 2.21. The van der Waals surface area contributed by atoms with E-state index in [4.69, 9.17) is 15.6 Å². The molecule has 154 valence electrons. The second-order valence-electron chi connectivity index (χ2n) is 5.43. The number of aliphatic carboxylic acids is 1. The number of nitrogens with one attached hydrogen (secondary N) is 1. The maximum Gasteiger partial charge on any atom is 0.490 e. The van der Waals surface area contributed by atoms with Crippen LogP contribution in [0.1, 0.15) is 21.4 Å². The Kier molecular flexibility index (Phi) is 7.18. The van der Waals surface area contributed by atoms with Crippen LogP contribution in [0.25, 0.3) is 10.3 Å². The summed E-state index contributed by atoms with van der Waals surface area (Å²) in [6, 6.07) is 9.17. The molecule has 1 aromatic carbocycles. The smallest absolute Gasteiger partial charge is 0.475 e. The molecule has 0 saturated heterocycles. The fourth-order valence-electron chi connectivity index (χ4n) is 2.11. The third kappa shape index (κ3) is 5.93. The number of hydrogen-bond donors (Lipinski definition) is 3. The molecule has 0 aliphatic rings. The molecule has 12 heteroatoms. The maximum absolute atomic E-state index is 13.8. The van der Waals surface area contributed by atoms with E-state index in [1.165, 1.54) is 17.4 Å². The van der Waals surface area contributed by atoms with Crippen molar-refractivity contribution in [1.82, 2.24) is 15.3 Å². The van der Waals surface area contributed by atoms with Gasteiger partial charge >= 0.3 is 12.1 Å². The molecule has 0 saturated carbocycles. The summed E-state index contributed by atoms with van der Waals surface area (Å²) in [4.78, 5) is 30.3. The van der Waals surface area contributed by atoms with Crippen molar-refractivity contribution < 1.29 is 32.3 Å². The molecule has 7 nitrogen and oxygen atoms in total. The number of carbonyl (C=O) groups is 2. The van der Waals surface area contributed by atoms with E-state index in [0.29, 0.717) is 15.9 Å². The van der Waals surface area contributed by atoms with E-state index in [0.717, 1.165) is 0 Å². The lowest BCUT2D eigenvalue weighted by atomic mass is 10.1. The third-order valence-electron chi connectivity index (χ3n) is 3.42. The minimum atomic E-state index is -5.08. The molecule has 0 fully saturated rings. The molecule has 1 amide bonds. The second kappa shape index (κ2) is 9.39. The Hall–Kier alpha value is -3.12. The number of fused-ring (bicyclic) bond motifs is 1. The average Bonchev–Trinajstić information content (AvgIpc) is 3.11. The number of nitrogens with zero attached hydrogens (tertiary/aromatic N) is 2. The minimum Gasteiger partial charge on any atom is -0.475 e. The summed E-state index contributed by atoms with van der Waals surface area (Å²) in [5.74, 6) is -3.54. The molecule has 0 spiro atoms. The number of hydrogen-bond acceptors (Lipinski definition) is 6. The van der Waals surface area contributed by atoms with Crippen molar-refractivity contribution in [3.8, 4) is 0 Å². The van der Waals surface area contributed by atoms with E-state index < -0.39 is 24.0 Å². The number of rotatable bonds is 4. The zero-order chi connectivity index (χ0) is 21.6. The largest absolute Gasteiger partial charge is 0.490 e. The zero-order valence-electron chi connectivity index (χ0n) is 14.5. The van der Waals surface area contributed by atoms with Crippen molar-refractivity contribution in [2.75, 3.05) is 6.54 Å². The summed E-state index contributed by atoms with van der Waals surface area (Å²) >= 11 is 1.19. The van der Waals surface area contributed by atoms with Gasteiger partial charge in [0.05, 0.1) is 6.04 Å². The van der Waals surface area contributed by atoms with Gasteiger partial charge in [0.1, 0.15) is 16.2 Å². The van der Waals surface area contributed by atoms with Crippen molar-refractivity contribution in [3.63, 3.8) is 0 Å². The van der Waals surface area contributed by atoms with Gasteiger partial charge in [-0.25, -0.2) is 19.2 Å². The molecule has 1 unspecified atom stereocenters. The lowest BCUT2D eigenvalue weighted by molar-refractivity contribution is -0.192. The number of pyridine rings is 1. The first-order valence-electron chi connectivity index (χ1n) is 7.90. The van der Waals surface area contributed by atoms with Gasteiger partial charge in [-0.2, -0.15) is 13.2 Å². The molecule has 0 bridgehead atoms. The Labute approximate surface area is 165 Å². The van der Waals surface area contributed by atoms with E-state index in [9.17, 15) is 22.4 Å². The van der Waals surface area contributed by atoms with E-state index in [1.54, 1.807) is 36.5 Å². The van der Waals surface area contributed by atoms with Gasteiger partial charge in [-0.3, -0.25) is 4.79 Å². The van der Waals surface area contributed by atoms with Gasteiger partial charge in [-0.05, 0) is 18.2 Å². The van der Waals surface area contributed by atoms with Crippen LogP contribution in [0.4, 0.5) is 17.6 Å². The van der Waals surface area contributed by atoms with E-state index in [-0.39, 0.29) is 17.5 Å². The average molecular weight is 430 g/mol. The molecule has 2 heterocycles. The van der Waals surface area contributed by atoms with Crippen LogP contribution in [0, 0.1) is 5.82 Å². The number of thiazole rings is 1. The Morgan fingerprint density at radius 2 is 1.86 bits per heavy atom. The van der Waals surface area contributed by atoms with Gasteiger partial charge in [0.25, 0.3) is 5.91 Å². The number of carboxylic acid groups (broad SMARTS) is 1. The maximum atomic E-state index is 13.8. The zero-order valence-corrected chi connectivity index (χ0v) is 15.3. The van der Waals surface area contributed by atoms with Crippen LogP contribution in [0.5, 0.6) is 0 Å². The van der Waals surface area contributed by atoms with E-state index >= 15 is 0 Å². The molecule has 4 N–H and O–H groups in total. The van der Waals surface area contributed by atoms with Gasteiger partial charge in [-0.1, -0.05) is 29.5 Å². The van der Waals surface area contributed by atoms with Gasteiger partial charge in [0.15, 0.2) is 5.01 Å². The highest BCUT2D eigenvalue weighted by atomic mass is 32.1. The first kappa shape index (κ1) is 22.2. The van der Waals surface area contributed by atoms with E-state index in [2.05, 4.69) is 15.3 Å². The van der Waals surface area contributed by atoms with Crippen LogP contribution in [-0.4, -0.2) is 39.7 Å². The highest BCUT2D eigenvalue weighted by Gasteiger charge is 2.38. The number of benzene rings is 1. The van der Waals surface area contributed by atoms with Gasteiger partial charge in [-0.15, -0.1) is 0 Å². The minimum absolute atomic E-state index is 0.0931. The van der Waals surface area contributed by atoms with Crippen molar-refractivity contribution in [2.24, 2.45) is 5.73 Å². The van der Waals surface area contributed by atoms with Crippen LogP contribution in [0.3, 0.4) is 0 Å². The number of halogens is 4. The Balaban J connectivity index is 0.000000370. The number of amides is 1. The Morgan fingerprint density at radius 1 is 1.21 bits per heavy atom. The SMILES string of the molecule is NCC(NC(=O)c1nc2cccnc2s1)c1ccccc1F.O=C(O)C(F)(F)F. The number of carboxylic acids is 1. The summed E-state index contributed by atoms with van der Waals surface area (Å²) < 4.78 is 45.6. The third-order valence-corrected chi connectivity index (χ3v) is 4.40. The standard InChI is InChI=1S/C15H13FN4OS.C2HF3O2/c16-10-5-2-1-4-9(10)12(8-17)19-13(21)15-20-11-6-3-7-18-14(11)22-15;3-2(4,5)1(6)7/h1-7,12H,8,17H2,(H,19,21);(H,6,7). The molecular formula is C17H14F4N4O3S. The summed E-state index contributed by atoms with van der Waals surface area (Å²) in [5.41, 5.74) is 6.68. The number of alkyl halides is 3. The molecule has 0 radical (unpaired) electrons. The first-order chi connectivity index (χ1) is 13.6. The topological polar surface area (TPSA) is 118 Å². The Bertz CT molecular complexity index is 977. The Morgan fingerprint density at radius 3 is 2.41 bits per heavy atom. The number of carbonyl (C=O) groups excluding carboxylic acids is 1. The predicted molar refractivity (Wildman–Crippen MR) is 96.8 cm³/mol. The van der Waals surface area contributed by atoms with Gasteiger partial charge in [0.2, 0.25) is 0 Å². The highest BCUT2D eigenvalue weighted by molar-refractivity contribution is 7.19. The summed E-state index contributed by atoms with van der Waals surface area (Å²) in [6.07, 6.45) is -3.44. The molecule has 29 heavy (non-hydrogen) atoms. The van der Waals surface area contributed by atoms with Crippen LogP contribution in [-0.2, 0) is 4.79 Å². The number of nitrogens with two attached hydrogens (primary N) is 1. The monoisotopic (exact) mass is 430 g/mol. The molecule has 3 aromatic rings. The fraction of sp³-hybridized carbons (Fsp3) is 0.176. The van der Waals surface area contributed by atoms with Crippen LogP contribution in [0.2, 0.25) is 0 Å². The summed E-state index contributed by atoms with van der Waals surface area (Å²) in [5, 5.41) is 10.1. The molecule has 0 aliphatic carbocycles. The molecule has 1 atom stereocenters. The predicted octanol–water partition coefficient (Wildman–Crippen LogP) is 2.89. The fourth-order valence-corrected chi connectivity index (χ4v) is 2.92. The van der Waals surface area contributed by atoms with Crippen LogP contribution < -0.4 is 11.1 Å². The first-order valence-corrected chi connectivity index (χ1v) is 8.72. The normalized spacial score (nSPS) is 12.0. The lowest BCUT2D eigenvalue weighted by Gasteiger charge is -2.17. The molecule has 3 rings (SSSR count). The quantitative estimate of drug-likeness (QED) is 0.548. The molecule has 2 aromatic heterocycles. The van der Waals surface area contributed by atoms with Gasteiger partial charge in [0, 0.05) is 18.3 Å². The van der Waals surface area contributed by atoms with Crippen LogP contribution in [0.15, 0.2) is 42.6 Å². The summed E-state index contributed by atoms with van der Waals surface area (Å²) in [6.45, 7) is 0.0931.